The predicted octanol–water partition coefficient (Wildman–Crippen LogP) is 3.98. The Morgan fingerprint density at radius 1 is 1.21 bits per heavy atom. The van der Waals surface area contributed by atoms with E-state index in [1.165, 1.54) is 27.4 Å². The molecule has 1 N–H and O–H groups in total. The number of nitrogens with one attached hydrogen (secondary N) is 1. The summed E-state index contributed by atoms with van der Waals surface area (Å²) in [7, 11) is 0. The van der Waals surface area contributed by atoms with E-state index in [9.17, 15) is 4.79 Å². The van der Waals surface area contributed by atoms with Crippen LogP contribution in [0.1, 0.15) is 40.5 Å². The standard InChI is InChI=1S/C24H24N2O2S/c1-15-9-10-19-18(12-22(27)28-23(19)16(15)2)14-26-11-5-6-17(13-26)24-25-20-7-3-4-8-21(20)29-24/h3-4,7-10,12,17H,5-6,11,13-14H2,1-2H3/p+1/t17-/m0/s1. The minimum absolute atomic E-state index is 0.250. The number of nitrogens with zero attached hydrogens (tertiary/aromatic N) is 1. The lowest BCUT2D eigenvalue weighted by Gasteiger charge is -2.29. The van der Waals surface area contributed by atoms with Crippen LogP contribution in [0.2, 0.25) is 0 Å². The Balaban J connectivity index is 1.43. The van der Waals surface area contributed by atoms with E-state index in [1.54, 1.807) is 6.07 Å². The summed E-state index contributed by atoms with van der Waals surface area (Å²) < 4.78 is 6.82. The lowest BCUT2D eigenvalue weighted by Crippen LogP contribution is -3.12. The second-order valence-corrected chi connectivity index (χ2v) is 9.28. The van der Waals surface area contributed by atoms with Crippen LogP contribution >= 0.6 is 11.3 Å². The first-order chi connectivity index (χ1) is 14.1. The largest absolute Gasteiger partial charge is 0.422 e. The van der Waals surface area contributed by atoms with Gasteiger partial charge in [-0.25, -0.2) is 9.78 Å². The van der Waals surface area contributed by atoms with Gasteiger partial charge in [0.25, 0.3) is 0 Å². The highest BCUT2D eigenvalue weighted by Crippen LogP contribution is 2.30. The molecule has 2 atom stereocenters. The lowest BCUT2D eigenvalue weighted by molar-refractivity contribution is -0.919. The maximum Gasteiger partial charge on any atom is 0.336 e. The number of piperidine rings is 1. The number of hydrogen-bond donors (Lipinski definition) is 1. The fourth-order valence-electron chi connectivity index (χ4n) is 4.53. The Morgan fingerprint density at radius 2 is 2.07 bits per heavy atom. The van der Waals surface area contributed by atoms with Crippen molar-refractivity contribution in [2.24, 2.45) is 0 Å². The average molecular weight is 406 g/mol. The Morgan fingerprint density at radius 3 is 2.93 bits per heavy atom. The average Bonchev–Trinajstić information content (AvgIpc) is 3.16. The molecule has 1 aliphatic heterocycles. The highest BCUT2D eigenvalue weighted by atomic mass is 32.1. The second kappa shape index (κ2) is 7.39. The van der Waals surface area contributed by atoms with Crippen molar-refractivity contribution in [2.45, 2.75) is 39.2 Å². The second-order valence-electron chi connectivity index (χ2n) is 8.21. The van der Waals surface area contributed by atoms with Gasteiger partial charge in [0.1, 0.15) is 17.1 Å². The van der Waals surface area contributed by atoms with Crippen molar-refractivity contribution in [3.05, 3.63) is 74.6 Å². The molecule has 0 bridgehead atoms. The number of thiazole rings is 1. The molecule has 1 aliphatic rings. The van der Waals surface area contributed by atoms with E-state index in [-0.39, 0.29) is 5.63 Å². The minimum Gasteiger partial charge on any atom is -0.422 e. The van der Waals surface area contributed by atoms with E-state index in [2.05, 4.69) is 43.3 Å². The topological polar surface area (TPSA) is 47.5 Å². The molecule has 4 nitrogen and oxygen atoms in total. The Kier molecular flexibility index (Phi) is 4.72. The van der Waals surface area contributed by atoms with Gasteiger partial charge in [-0.15, -0.1) is 11.3 Å². The summed E-state index contributed by atoms with van der Waals surface area (Å²) >= 11 is 1.83. The number of quaternary nitrogens is 1. The molecule has 4 aromatic rings. The molecular weight excluding hydrogens is 380 g/mol. The van der Waals surface area contributed by atoms with Gasteiger partial charge in [0.15, 0.2) is 0 Å². The molecule has 0 saturated carbocycles. The van der Waals surface area contributed by atoms with Crippen molar-refractivity contribution in [3.8, 4) is 0 Å². The van der Waals surface area contributed by atoms with E-state index in [0.29, 0.717) is 5.92 Å². The smallest absolute Gasteiger partial charge is 0.336 e. The molecule has 2 aromatic heterocycles. The summed E-state index contributed by atoms with van der Waals surface area (Å²) in [6.07, 6.45) is 2.38. The normalized spacial score (nSPS) is 19.8. The maximum absolute atomic E-state index is 12.2. The van der Waals surface area contributed by atoms with Gasteiger partial charge in [-0.05, 0) is 49.9 Å². The van der Waals surface area contributed by atoms with E-state index in [4.69, 9.17) is 9.40 Å². The van der Waals surface area contributed by atoms with Crippen LogP contribution in [-0.2, 0) is 6.54 Å². The molecule has 0 amide bonds. The molecule has 3 heterocycles. The molecule has 1 saturated heterocycles. The molecular formula is C24H25N2O2S+. The molecule has 0 radical (unpaired) electrons. The van der Waals surface area contributed by atoms with Crippen LogP contribution in [-0.4, -0.2) is 18.1 Å². The Bertz CT molecular complexity index is 1220. The highest BCUT2D eigenvalue weighted by Gasteiger charge is 2.27. The van der Waals surface area contributed by atoms with Crippen molar-refractivity contribution in [3.63, 3.8) is 0 Å². The zero-order valence-corrected chi connectivity index (χ0v) is 17.6. The zero-order valence-electron chi connectivity index (χ0n) is 16.8. The molecule has 1 fully saturated rings. The Labute approximate surface area is 173 Å². The minimum atomic E-state index is -0.250. The molecule has 0 spiro atoms. The summed E-state index contributed by atoms with van der Waals surface area (Å²) in [5, 5.41) is 2.33. The highest BCUT2D eigenvalue weighted by molar-refractivity contribution is 7.18. The summed E-state index contributed by atoms with van der Waals surface area (Å²) in [4.78, 5) is 18.6. The van der Waals surface area contributed by atoms with Gasteiger partial charge in [0, 0.05) is 17.0 Å². The van der Waals surface area contributed by atoms with Gasteiger partial charge in [-0.1, -0.05) is 24.3 Å². The predicted molar refractivity (Wildman–Crippen MR) is 118 cm³/mol. The summed E-state index contributed by atoms with van der Waals surface area (Å²) in [5.74, 6) is 0.492. The number of fused-ring (bicyclic) bond motifs is 2. The van der Waals surface area contributed by atoms with Crippen molar-refractivity contribution in [2.75, 3.05) is 13.1 Å². The molecule has 148 valence electrons. The first-order valence-corrected chi connectivity index (χ1v) is 11.1. The third-order valence-corrected chi connectivity index (χ3v) is 7.43. The number of likely N-dealkylation sites (tertiary alicyclic amines) is 1. The first kappa shape index (κ1) is 18.5. The van der Waals surface area contributed by atoms with Crippen LogP contribution in [0.5, 0.6) is 0 Å². The fourth-order valence-corrected chi connectivity index (χ4v) is 5.63. The van der Waals surface area contributed by atoms with Crippen LogP contribution in [0.25, 0.3) is 21.2 Å². The van der Waals surface area contributed by atoms with Gasteiger partial charge in [-0.2, -0.15) is 0 Å². The van der Waals surface area contributed by atoms with E-state index >= 15 is 0 Å². The fraction of sp³-hybridized carbons (Fsp3) is 0.333. The molecule has 5 heteroatoms. The van der Waals surface area contributed by atoms with Gasteiger partial charge < -0.3 is 9.32 Å². The number of aryl methyl sites for hydroxylation is 2. The Hall–Kier alpha value is -2.50. The third-order valence-electron chi connectivity index (χ3n) is 6.24. The van der Waals surface area contributed by atoms with E-state index in [0.717, 1.165) is 52.8 Å². The van der Waals surface area contributed by atoms with Crippen LogP contribution in [0.15, 0.2) is 51.7 Å². The van der Waals surface area contributed by atoms with Crippen LogP contribution in [0.4, 0.5) is 0 Å². The van der Waals surface area contributed by atoms with Gasteiger partial charge >= 0.3 is 5.63 Å². The number of hydrogen-bond acceptors (Lipinski definition) is 4. The van der Waals surface area contributed by atoms with Crippen molar-refractivity contribution in [1.82, 2.24) is 4.98 Å². The maximum atomic E-state index is 12.2. The lowest BCUT2D eigenvalue weighted by atomic mass is 9.97. The summed E-state index contributed by atoms with van der Waals surface area (Å²) in [6.45, 7) is 7.13. The molecule has 5 rings (SSSR count). The SMILES string of the molecule is Cc1ccc2c(C[NH+]3CCC[C@H](c4nc5ccccc5s4)C3)cc(=O)oc2c1C. The molecule has 29 heavy (non-hydrogen) atoms. The van der Waals surface area contributed by atoms with Crippen LogP contribution in [0, 0.1) is 13.8 Å². The van der Waals surface area contributed by atoms with Crippen molar-refractivity contribution < 1.29 is 9.32 Å². The quantitative estimate of drug-likeness (QED) is 0.525. The van der Waals surface area contributed by atoms with Gasteiger partial charge in [0.05, 0.1) is 29.2 Å². The van der Waals surface area contributed by atoms with Crippen LogP contribution < -0.4 is 10.5 Å². The number of para-hydroxylation sites is 1. The van der Waals surface area contributed by atoms with E-state index in [1.807, 2.05) is 18.3 Å². The summed E-state index contributed by atoms with van der Waals surface area (Å²) in [5.41, 5.74) is 4.91. The zero-order chi connectivity index (χ0) is 20.0. The number of aromatic nitrogens is 1. The number of rotatable bonds is 3. The first-order valence-electron chi connectivity index (χ1n) is 10.3. The van der Waals surface area contributed by atoms with Gasteiger partial charge in [-0.3, -0.25) is 0 Å². The molecule has 0 aliphatic carbocycles. The number of benzene rings is 2. The van der Waals surface area contributed by atoms with Crippen molar-refractivity contribution in [1.29, 1.82) is 0 Å². The molecule has 2 aromatic carbocycles. The van der Waals surface area contributed by atoms with Crippen molar-refractivity contribution >= 4 is 32.5 Å². The monoisotopic (exact) mass is 405 g/mol. The van der Waals surface area contributed by atoms with E-state index < -0.39 is 0 Å². The third kappa shape index (κ3) is 3.49. The summed E-state index contributed by atoms with van der Waals surface area (Å²) in [6, 6.07) is 14.3. The molecule has 1 unspecified atom stereocenters. The van der Waals surface area contributed by atoms with Crippen LogP contribution in [0.3, 0.4) is 0 Å². The van der Waals surface area contributed by atoms with Gasteiger partial charge in [0.2, 0.25) is 0 Å².